The Kier molecular flexibility index (Phi) is 4.09. The Morgan fingerprint density at radius 1 is 1.10 bits per heavy atom. The lowest BCUT2D eigenvalue weighted by Gasteiger charge is -2.32. The molecule has 0 saturated carbocycles. The first-order valence-corrected chi connectivity index (χ1v) is 7.11. The molecule has 1 heterocycles. The van der Waals surface area contributed by atoms with E-state index in [-0.39, 0.29) is 11.2 Å². The van der Waals surface area contributed by atoms with Crippen LogP contribution in [0.4, 0.5) is 5.69 Å². The molecule has 1 aromatic carbocycles. The fraction of sp³-hybridized carbons (Fsp3) is 0.500. The van der Waals surface area contributed by atoms with E-state index >= 15 is 0 Å². The van der Waals surface area contributed by atoms with E-state index in [1.807, 2.05) is 52.0 Å². The molecule has 2 N–H and O–H groups in total. The van der Waals surface area contributed by atoms with E-state index in [4.69, 9.17) is 21.5 Å². The Morgan fingerprint density at radius 3 is 2.20 bits per heavy atom. The van der Waals surface area contributed by atoms with Crippen molar-refractivity contribution in [1.29, 1.82) is 0 Å². The third-order valence-corrected chi connectivity index (χ3v) is 4.25. The molecule has 1 saturated heterocycles. The van der Waals surface area contributed by atoms with Gasteiger partial charge in [-0.25, -0.2) is 0 Å². The number of benzene rings is 1. The summed E-state index contributed by atoms with van der Waals surface area (Å²) in [5.41, 5.74) is 1.14. The van der Waals surface area contributed by atoms with Crippen LogP contribution in [0.5, 0.6) is 0 Å². The fourth-order valence-corrected chi connectivity index (χ4v) is 2.08. The summed E-state index contributed by atoms with van der Waals surface area (Å²) in [6.45, 7) is 8.17. The van der Waals surface area contributed by atoms with Crippen LogP contribution in [-0.4, -0.2) is 30.5 Å². The summed E-state index contributed by atoms with van der Waals surface area (Å²) in [4.78, 5) is 0. The number of para-hydroxylation sites is 1. The highest BCUT2D eigenvalue weighted by molar-refractivity contribution is 7.80. The van der Waals surface area contributed by atoms with Crippen molar-refractivity contribution in [2.24, 2.45) is 0 Å². The molecule has 0 radical (unpaired) electrons. The summed E-state index contributed by atoms with van der Waals surface area (Å²) in [7, 11) is 1.38. The van der Waals surface area contributed by atoms with Crippen LogP contribution in [0.15, 0.2) is 24.3 Å². The highest BCUT2D eigenvalue weighted by Crippen LogP contribution is 2.36. The van der Waals surface area contributed by atoms with Gasteiger partial charge in [-0.15, -0.1) is 0 Å². The zero-order chi connectivity index (χ0) is 15.0. The van der Waals surface area contributed by atoms with Gasteiger partial charge in [0, 0.05) is 18.2 Å². The van der Waals surface area contributed by atoms with E-state index in [0.29, 0.717) is 5.11 Å². The lowest BCUT2D eigenvalue weighted by molar-refractivity contribution is 0.00578. The van der Waals surface area contributed by atoms with Gasteiger partial charge < -0.3 is 19.9 Å². The monoisotopic (exact) mass is 292 g/mol. The Labute approximate surface area is 126 Å². The second kappa shape index (κ2) is 5.35. The van der Waals surface area contributed by atoms with E-state index < -0.39 is 7.12 Å². The molecule has 1 aliphatic rings. The summed E-state index contributed by atoms with van der Waals surface area (Å²) >= 11 is 5.16. The van der Waals surface area contributed by atoms with Crippen LogP contribution >= 0.6 is 12.2 Å². The molecular formula is C14H21BN2O2S. The first kappa shape index (κ1) is 15.3. The molecular weight excluding hydrogens is 271 g/mol. The van der Waals surface area contributed by atoms with Gasteiger partial charge in [0.05, 0.1) is 11.2 Å². The van der Waals surface area contributed by atoms with Gasteiger partial charge in [-0.1, -0.05) is 18.2 Å². The van der Waals surface area contributed by atoms with E-state index in [9.17, 15) is 0 Å². The molecule has 1 aliphatic heterocycles. The Bertz CT molecular complexity index is 504. The maximum atomic E-state index is 6.08. The number of hydrogen-bond donors (Lipinski definition) is 2. The quantitative estimate of drug-likeness (QED) is 0.644. The van der Waals surface area contributed by atoms with Gasteiger partial charge in [0.1, 0.15) is 0 Å². The summed E-state index contributed by atoms with van der Waals surface area (Å²) in [5.74, 6) is 0. The number of nitrogens with one attached hydrogen (secondary N) is 2. The third kappa shape index (κ3) is 2.82. The molecule has 0 unspecified atom stereocenters. The average Bonchev–Trinajstić information content (AvgIpc) is 2.59. The zero-order valence-electron chi connectivity index (χ0n) is 12.6. The van der Waals surface area contributed by atoms with Crippen molar-refractivity contribution in [2.75, 3.05) is 12.4 Å². The Hall–Kier alpha value is -1.11. The van der Waals surface area contributed by atoms with E-state index in [1.54, 1.807) is 7.05 Å². The lowest BCUT2D eigenvalue weighted by Crippen LogP contribution is -2.41. The molecule has 1 fully saturated rings. The van der Waals surface area contributed by atoms with Crippen molar-refractivity contribution in [2.45, 2.75) is 38.9 Å². The van der Waals surface area contributed by atoms with Crippen molar-refractivity contribution in [1.82, 2.24) is 5.32 Å². The first-order valence-electron chi connectivity index (χ1n) is 6.70. The first-order chi connectivity index (χ1) is 9.27. The minimum absolute atomic E-state index is 0.353. The second-order valence-electron chi connectivity index (χ2n) is 5.88. The van der Waals surface area contributed by atoms with Crippen LogP contribution < -0.4 is 16.1 Å². The topological polar surface area (TPSA) is 42.5 Å². The number of rotatable bonds is 2. The van der Waals surface area contributed by atoms with Crippen molar-refractivity contribution < 1.29 is 9.31 Å². The van der Waals surface area contributed by atoms with Crippen LogP contribution in [0.2, 0.25) is 0 Å². The summed E-state index contributed by atoms with van der Waals surface area (Å²) < 4.78 is 12.2. The average molecular weight is 292 g/mol. The zero-order valence-corrected chi connectivity index (χ0v) is 13.4. The van der Waals surface area contributed by atoms with E-state index in [2.05, 4.69) is 10.6 Å². The van der Waals surface area contributed by atoms with Gasteiger partial charge in [0.2, 0.25) is 0 Å². The molecule has 0 amide bonds. The predicted molar refractivity (Wildman–Crippen MR) is 87.4 cm³/mol. The molecule has 4 nitrogen and oxygen atoms in total. The minimum atomic E-state index is -0.400. The van der Waals surface area contributed by atoms with Crippen LogP contribution in [0.3, 0.4) is 0 Å². The predicted octanol–water partition coefficient (Wildman–Crippen LogP) is 1.90. The van der Waals surface area contributed by atoms with Crippen LogP contribution in [-0.2, 0) is 9.31 Å². The lowest BCUT2D eigenvalue weighted by atomic mass is 9.78. The van der Waals surface area contributed by atoms with Gasteiger partial charge in [0.15, 0.2) is 5.11 Å². The van der Waals surface area contributed by atoms with Gasteiger partial charge >= 0.3 is 7.12 Å². The largest absolute Gasteiger partial charge is 0.496 e. The molecule has 6 heteroatoms. The van der Waals surface area contributed by atoms with E-state index in [0.717, 1.165) is 11.2 Å². The second-order valence-corrected chi connectivity index (χ2v) is 6.29. The molecule has 20 heavy (non-hydrogen) atoms. The van der Waals surface area contributed by atoms with Gasteiger partial charge in [-0.05, 0) is 46.0 Å². The molecule has 1 aromatic rings. The molecule has 0 spiro atoms. The highest BCUT2D eigenvalue weighted by atomic mass is 32.1. The summed E-state index contributed by atoms with van der Waals surface area (Å²) in [6.07, 6.45) is 0. The maximum absolute atomic E-state index is 6.08. The molecule has 0 aromatic heterocycles. The molecule has 0 atom stereocenters. The molecule has 0 bridgehead atoms. The smallest absolute Gasteiger partial charge is 0.399 e. The standard InChI is InChI=1S/C14H21BN2O2S/c1-13(2)14(3,4)19-15(18-13)10-8-6-7-9-11(10)17-12(20)16-5/h6-9H,1-5H3,(H2,16,17,20). The molecule has 108 valence electrons. The third-order valence-electron chi connectivity index (χ3n) is 3.94. The number of thiocarbonyl (C=S) groups is 1. The SMILES string of the molecule is CNC(=S)Nc1ccccc1B1OC(C)(C)C(C)(C)O1. The van der Waals surface area contributed by atoms with Crippen molar-refractivity contribution in [3.8, 4) is 0 Å². The Morgan fingerprint density at radius 2 is 1.65 bits per heavy atom. The number of hydrogen-bond acceptors (Lipinski definition) is 3. The normalized spacial score (nSPS) is 19.8. The fourth-order valence-electron chi connectivity index (χ4n) is 1.97. The highest BCUT2D eigenvalue weighted by Gasteiger charge is 2.52. The van der Waals surface area contributed by atoms with Crippen molar-refractivity contribution >= 4 is 35.6 Å². The van der Waals surface area contributed by atoms with Crippen LogP contribution in [0.1, 0.15) is 27.7 Å². The molecule has 0 aliphatic carbocycles. The number of anilines is 1. The van der Waals surface area contributed by atoms with Crippen LogP contribution in [0.25, 0.3) is 0 Å². The Balaban J connectivity index is 2.28. The van der Waals surface area contributed by atoms with E-state index in [1.165, 1.54) is 0 Å². The van der Waals surface area contributed by atoms with Crippen molar-refractivity contribution in [3.63, 3.8) is 0 Å². The van der Waals surface area contributed by atoms with Gasteiger partial charge in [-0.2, -0.15) is 0 Å². The maximum Gasteiger partial charge on any atom is 0.496 e. The van der Waals surface area contributed by atoms with Gasteiger partial charge in [-0.3, -0.25) is 0 Å². The van der Waals surface area contributed by atoms with Crippen LogP contribution in [0, 0.1) is 0 Å². The molecule has 2 rings (SSSR count). The van der Waals surface area contributed by atoms with Gasteiger partial charge in [0.25, 0.3) is 0 Å². The summed E-state index contributed by atoms with van der Waals surface area (Å²) in [6, 6.07) is 7.87. The summed E-state index contributed by atoms with van der Waals surface area (Å²) in [5, 5.41) is 6.62. The van der Waals surface area contributed by atoms with Crippen molar-refractivity contribution in [3.05, 3.63) is 24.3 Å². The minimum Gasteiger partial charge on any atom is -0.399 e.